The third kappa shape index (κ3) is 8.85. The molecule has 0 spiro atoms. The fourth-order valence-electron chi connectivity index (χ4n) is 4.93. The molecule has 6 rings (SSSR count). The molecule has 0 atom stereocenters. The van der Waals surface area contributed by atoms with Crippen molar-refractivity contribution in [2.45, 2.75) is 12.8 Å². The summed E-state index contributed by atoms with van der Waals surface area (Å²) in [6, 6.07) is 12.3. The van der Waals surface area contributed by atoms with E-state index in [1.54, 1.807) is 24.3 Å². The van der Waals surface area contributed by atoms with E-state index in [0.717, 1.165) is 14.9 Å². The highest BCUT2D eigenvalue weighted by Gasteiger charge is 2.23. The number of halogens is 6. The summed E-state index contributed by atoms with van der Waals surface area (Å²) in [5.41, 5.74) is 3.91. The van der Waals surface area contributed by atoms with E-state index in [1.165, 1.54) is 52.9 Å². The molecule has 0 saturated carbocycles. The first-order valence-corrected chi connectivity index (χ1v) is 18.4. The smallest absolute Gasteiger partial charge is 0.336 e. The molecule has 0 fully saturated rings. The quantitative estimate of drug-likeness (QED) is 0.0429. The summed E-state index contributed by atoms with van der Waals surface area (Å²) in [6.45, 7) is 3.65. The van der Waals surface area contributed by atoms with Crippen molar-refractivity contribution >= 4 is 100 Å². The number of aromatic nitrogens is 2. The van der Waals surface area contributed by atoms with Crippen LogP contribution in [0.5, 0.6) is 0 Å². The Bertz CT molecular complexity index is 2230. The second kappa shape index (κ2) is 17.1. The van der Waals surface area contributed by atoms with Crippen LogP contribution in [0.15, 0.2) is 72.4 Å². The molecule has 258 valence electrons. The number of carboxylic acids is 1. The molecule has 0 amide bonds. The number of hydrogen-bond donors (Lipinski definition) is 1. The molecular weight excluding hydrogens is 922 g/mol. The Morgan fingerprint density at radius 2 is 1.28 bits per heavy atom. The van der Waals surface area contributed by atoms with Gasteiger partial charge in [0.15, 0.2) is 17.4 Å². The van der Waals surface area contributed by atoms with Crippen molar-refractivity contribution in [3.05, 3.63) is 136 Å². The number of rotatable bonds is 12. The minimum absolute atomic E-state index is 0.0500. The third-order valence-corrected chi connectivity index (χ3v) is 10.2. The molecule has 0 saturated heterocycles. The highest BCUT2D eigenvalue weighted by Crippen LogP contribution is 2.31. The van der Waals surface area contributed by atoms with Crippen molar-refractivity contribution in [3.8, 4) is 0 Å². The van der Waals surface area contributed by atoms with Crippen LogP contribution in [-0.4, -0.2) is 46.6 Å². The van der Waals surface area contributed by atoms with E-state index in [1.807, 2.05) is 45.2 Å². The maximum absolute atomic E-state index is 15.1. The normalized spacial score (nSPS) is 11.0. The lowest BCUT2D eigenvalue weighted by molar-refractivity contribution is 0.0637. The van der Waals surface area contributed by atoms with Gasteiger partial charge in [0.1, 0.15) is 35.9 Å². The number of benzene rings is 4. The number of ether oxygens (including phenoxy) is 2. The average Bonchev–Trinajstić information content (AvgIpc) is 3.76. The zero-order valence-electron chi connectivity index (χ0n) is 25.7. The maximum Gasteiger partial charge on any atom is 0.336 e. The molecule has 7 nitrogen and oxygen atoms in total. The molecule has 0 aliphatic heterocycles. The topological polar surface area (TPSA) is 98.6 Å². The average molecular weight is 947 g/mol. The summed E-state index contributed by atoms with van der Waals surface area (Å²) < 4.78 is 70.7. The number of carbonyl (C=O) groups is 2. The van der Waals surface area contributed by atoms with E-state index in [9.17, 15) is 27.9 Å². The van der Waals surface area contributed by atoms with Crippen LogP contribution in [0.1, 0.15) is 43.0 Å². The van der Waals surface area contributed by atoms with Gasteiger partial charge in [-0.1, -0.05) is 18.7 Å². The van der Waals surface area contributed by atoms with E-state index in [4.69, 9.17) is 9.47 Å². The molecule has 0 radical (unpaired) electrons. The fourth-order valence-corrected chi connectivity index (χ4v) is 7.26. The molecule has 0 unspecified atom stereocenters. The Kier molecular flexibility index (Phi) is 12.9. The van der Waals surface area contributed by atoms with Crippen LogP contribution in [0.3, 0.4) is 0 Å². The summed E-state index contributed by atoms with van der Waals surface area (Å²) in [6.07, 6.45) is 1.10. The monoisotopic (exact) mass is 946 g/mol. The fraction of sp³-hybridized carbons (Fsp3) is 0.143. The van der Waals surface area contributed by atoms with Gasteiger partial charge >= 0.3 is 5.97 Å². The molecule has 6 aromatic rings. The lowest BCUT2D eigenvalue weighted by Crippen LogP contribution is -2.15. The van der Waals surface area contributed by atoms with Gasteiger partial charge in [-0.2, -0.15) is 0 Å². The van der Waals surface area contributed by atoms with Gasteiger partial charge in [0, 0.05) is 36.7 Å². The van der Waals surface area contributed by atoms with Crippen LogP contribution in [0.2, 0.25) is 0 Å². The van der Waals surface area contributed by atoms with Gasteiger partial charge in [-0.05, 0) is 92.7 Å². The van der Waals surface area contributed by atoms with Gasteiger partial charge in [0.25, 0.3) is 0 Å². The molecular formula is C35H24F4I2N2O5S2. The second-order valence-electron chi connectivity index (χ2n) is 10.5. The van der Waals surface area contributed by atoms with Crippen LogP contribution in [0.25, 0.3) is 20.4 Å². The molecule has 2 aromatic heterocycles. The van der Waals surface area contributed by atoms with Crippen LogP contribution in [-0.2, 0) is 22.3 Å². The summed E-state index contributed by atoms with van der Waals surface area (Å²) in [4.78, 5) is 32.0. The Hall–Kier alpha value is -3.52. The molecule has 0 aliphatic rings. The molecule has 0 aliphatic carbocycles. The first kappa shape index (κ1) is 37.7. The van der Waals surface area contributed by atoms with Gasteiger partial charge in [-0.15, -0.1) is 22.7 Å². The Balaban J connectivity index is 0.000000200. The zero-order chi connectivity index (χ0) is 35.9. The highest BCUT2D eigenvalue weighted by molar-refractivity contribution is 14.1. The van der Waals surface area contributed by atoms with Gasteiger partial charge in [0.2, 0.25) is 0 Å². The number of fused-ring (bicyclic) bond motifs is 2. The van der Waals surface area contributed by atoms with Crippen LogP contribution in [0.4, 0.5) is 17.6 Å². The van der Waals surface area contributed by atoms with Crippen molar-refractivity contribution in [1.29, 1.82) is 0 Å². The molecule has 2 heterocycles. The van der Waals surface area contributed by atoms with Crippen molar-refractivity contribution in [2.75, 3.05) is 19.8 Å². The number of ketones is 1. The number of hydrogen-bond acceptors (Lipinski definition) is 8. The number of Topliss-reactive ketones (excluding diaryl/α,β-unsaturated/α-hetero) is 1. The predicted octanol–water partition coefficient (Wildman–Crippen LogP) is 9.60. The van der Waals surface area contributed by atoms with Gasteiger partial charge < -0.3 is 14.6 Å². The number of carbonyl (C=O) groups excluding carboxylic acids is 1. The lowest BCUT2D eigenvalue weighted by atomic mass is 9.96. The summed E-state index contributed by atoms with van der Waals surface area (Å²) >= 11 is 6.38. The maximum atomic E-state index is 15.1. The molecule has 1 N–H and O–H groups in total. The Morgan fingerprint density at radius 3 is 1.76 bits per heavy atom. The second-order valence-corrected chi connectivity index (χ2v) is 14.7. The Morgan fingerprint density at radius 1 is 0.780 bits per heavy atom. The van der Waals surface area contributed by atoms with E-state index < -0.39 is 29.2 Å². The van der Waals surface area contributed by atoms with Gasteiger partial charge in [-0.25, -0.2) is 32.3 Å². The summed E-state index contributed by atoms with van der Waals surface area (Å²) in [5.74, 6) is -3.85. The molecule has 4 aromatic carbocycles. The largest absolute Gasteiger partial charge is 0.499 e. The SMILES string of the molecule is C=COCCOCC(=O)c1cc2scnc2c(F)c1Cc1ccc(I)cc1F.O=C(O)c1cc2scnc2c(F)c1Cc1ccc(I)cc1F. The first-order valence-electron chi connectivity index (χ1n) is 14.5. The minimum atomic E-state index is -1.24. The standard InChI is InChI=1S/C20H16F2INO3S.C15H8F2INO2S/c1-2-26-5-6-27-10-17(25)14-9-18-20(24-11-28-18)19(22)15(14)7-12-3-4-13(23)8-16(12)21;16-11-4-8(18)2-1-7(11)3-9-10(15(20)21)5-12-14(13(9)17)19-6-22-12/h2-4,8-9,11H,1,5-7,10H2;1-2,4-6H,3H2,(H,20,21). The van der Waals surface area contributed by atoms with Gasteiger partial charge in [0.05, 0.1) is 38.9 Å². The van der Waals surface area contributed by atoms with Crippen molar-refractivity contribution in [3.63, 3.8) is 0 Å². The van der Waals surface area contributed by atoms with Crippen LogP contribution in [0, 0.1) is 30.4 Å². The van der Waals surface area contributed by atoms with E-state index >= 15 is 4.39 Å². The highest BCUT2D eigenvalue weighted by atomic mass is 127. The van der Waals surface area contributed by atoms with Crippen molar-refractivity contribution in [2.24, 2.45) is 0 Å². The number of nitrogens with zero attached hydrogens (tertiary/aromatic N) is 2. The van der Waals surface area contributed by atoms with E-state index in [-0.39, 0.29) is 77.3 Å². The van der Waals surface area contributed by atoms with E-state index in [0.29, 0.717) is 18.5 Å². The molecule has 15 heteroatoms. The molecule has 50 heavy (non-hydrogen) atoms. The predicted molar refractivity (Wildman–Crippen MR) is 201 cm³/mol. The first-order chi connectivity index (χ1) is 24.0. The summed E-state index contributed by atoms with van der Waals surface area (Å²) in [5, 5.41) is 9.30. The van der Waals surface area contributed by atoms with E-state index in [2.05, 4.69) is 16.5 Å². The number of carboxylic acid groups (broad SMARTS) is 1. The lowest BCUT2D eigenvalue weighted by Gasteiger charge is -2.12. The van der Waals surface area contributed by atoms with Crippen molar-refractivity contribution in [1.82, 2.24) is 9.97 Å². The van der Waals surface area contributed by atoms with Gasteiger partial charge in [-0.3, -0.25) is 4.79 Å². The van der Waals surface area contributed by atoms with Crippen LogP contribution < -0.4 is 0 Å². The van der Waals surface area contributed by atoms with Crippen LogP contribution >= 0.6 is 67.9 Å². The molecule has 0 bridgehead atoms. The third-order valence-electron chi connectivity index (χ3n) is 7.33. The minimum Gasteiger partial charge on any atom is -0.499 e. The number of thiazole rings is 2. The van der Waals surface area contributed by atoms with Crippen molar-refractivity contribution < 1.29 is 41.7 Å². The summed E-state index contributed by atoms with van der Waals surface area (Å²) in [7, 11) is 0. The zero-order valence-corrected chi connectivity index (χ0v) is 31.6. The number of aromatic carboxylic acids is 1. The Labute approximate surface area is 318 Å².